The molecule has 0 radical (unpaired) electrons. The Morgan fingerprint density at radius 3 is 2.59 bits per heavy atom. The molecule has 0 unspecified atom stereocenters. The van der Waals surface area contributed by atoms with Crippen molar-refractivity contribution in [3.63, 3.8) is 0 Å². The van der Waals surface area contributed by atoms with Crippen LogP contribution in [0.25, 0.3) is 0 Å². The summed E-state index contributed by atoms with van der Waals surface area (Å²) < 4.78 is 10.7. The van der Waals surface area contributed by atoms with Gasteiger partial charge in [-0.25, -0.2) is 4.79 Å². The molecule has 0 fully saturated rings. The Morgan fingerprint density at radius 2 is 2.06 bits per heavy atom. The molecular weight excluding hydrogens is 286 g/mol. The summed E-state index contributed by atoms with van der Waals surface area (Å²) in [5.41, 5.74) is 0.661. The van der Waals surface area contributed by atoms with Crippen LogP contribution in [0.1, 0.15) is 6.42 Å². The van der Waals surface area contributed by atoms with Gasteiger partial charge < -0.3 is 9.47 Å². The largest absolute Gasteiger partial charge is 0.497 e. The maximum atomic E-state index is 11.3. The molecule has 0 saturated heterocycles. The molecule has 1 N–H and O–H groups in total. The fourth-order valence-corrected chi connectivity index (χ4v) is 1.24. The van der Waals surface area contributed by atoms with Crippen LogP contribution in [0.4, 0.5) is 10.5 Å². The molecule has 1 rings (SSSR count). The summed E-state index contributed by atoms with van der Waals surface area (Å²) in [7, 11) is 1.59. The van der Waals surface area contributed by atoms with Crippen LogP contribution in [0.2, 0.25) is 0 Å². The molecule has 17 heavy (non-hydrogen) atoms. The van der Waals surface area contributed by atoms with E-state index in [0.717, 1.165) is 10.2 Å². The van der Waals surface area contributed by atoms with Crippen molar-refractivity contribution in [3.8, 4) is 5.75 Å². The van der Waals surface area contributed by atoms with E-state index < -0.39 is 6.09 Å². The maximum absolute atomic E-state index is 11.3. The summed E-state index contributed by atoms with van der Waals surface area (Å²) >= 11 is 3.19. The zero-order chi connectivity index (χ0) is 12.7. The van der Waals surface area contributed by atoms with Crippen LogP contribution in [-0.2, 0) is 4.74 Å². The van der Waals surface area contributed by atoms with Crippen LogP contribution in [0.3, 0.4) is 0 Å². The number of hydrogen-bond donors (Lipinski definition) is 1. The second-order valence-electron chi connectivity index (χ2n) is 3.26. The zero-order valence-corrected chi connectivity index (χ0v) is 11.1. The van der Waals surface area contributed by atoms with Crippen molar-refractivity contribution in [3.05, 3.63) is 35.3 Å². The number of anilines is 1. The smallest absolute Gasteiger partial charge is 0.411 e. The van der Waals surface area contributed by atoms with E-state index in [-0.39, 0.29) is 0 Å². The average molecular weight is 300 g/mol. The van der Waals surface area contributed by atoms with Crippen LogP contribution in [0, 0.1) is 0 Å². The Bertz CT molecular complexity index is 389. The van der Waals surface area contributed by atoms with E-state index in [9.17, 15) is 4.79 Å². The lowest BCUT2D eigenvalue weighted by Gasteiger charge is -2.07. The highest BCUT2D eigenvalue weighted by molar-refractivity contribution is 9.11. The van der Waals surface area contributed by atoms with Gasteiger partial charge in [0, 0.05) is 12.1 Å². The summed E-state index contributed by atoms with van der Waals surface area (Å²) in [5.74, 6) is 0.736. The van der Waals surface area contributed by atoms with Crippen molar-refractivity contribution >= 4 is 27.7 Å². The minimum Gasteiger partial charge on any atom is -0.497 e. The molecule has 1 amide bonds. The number of benzene rings is 1. The number of carbonyl (C=O) groups is 1. The lowest BCUT2D eigenvalue weighted by molar-refractivity contribution is 0.163. The monoisotopic (exact) mass is 299 g/mol. The Kier molecular flexibility index (Phi) is 5.56. The van der Waals surface area contributed by atoms with E-state index in [1.807, 2.05) is 0 Å². The average Bonchev–Trinajstić information content (AvgIpc) is 2.29. The standard InChI is InChI=1S/C12H14BrNO3/c1-9(13)7-8-17-12(15)14-10-3-5-11(16-2)6-4-10/h3-6H,1,7-8H2,2H3,(H,14,15). The normalized spacial score (nSPS) is 9.53. The molecule has 0 spiro atoms. The molecule has 1 aromatic carbocycles. The number of methoxy groups -OCH3 is 1. The molecule has 0 aliphatic carbocycles. The topological polar surface area (TPSA) is 47.6 Å². The van der Waals surface area contributed by atoms with Gasteiger partial charge in [-0.1, -0.05) is 22.5 Å². The molecule has 0 saturated carbocycles. The summed E-state index contributed by atoms with van der Waals surface area (Å²) in [6.45, 7) is 3.94. The number of amides is 1. The molecule has 0 aliphatic heterocycles. The fraction of sp³-hybridized carbons (Fsp3) is 0.250. The molecular formula is C12H14BrNO3. The summed E-state index contributed by atoms with van der Waals surface area (Å²) in [5, 5.41) is 2.61. The summed E-state index contributed by atoms with van der Waals surface area (Å²) in [6, 6.07) is 7.00. The van der Waals surface area contributed by atoms with E-state index in [1.165, 1.54) is 0 Å². The molecule has 0 atom stereocenters. The minimum atomic E-state index is -0.482. The highest BCUT2D eigenvalue weighted by Gasteiger charge is 2.03. The van der Waals surface area contributed by atoms with E-state index in [2.05, 4.69) is 27.8 Å². The van der Waals surface area contributed by atoms with Gasteiger partial charge >= 0.3 is 6.09 Å². The fourth-order valence-electron chi connectivity index (χ4n) is 1.08. The quantitative estimate of drug-likeness (QED) is 0.904. The van der Waals surface area contributed by atoms with Gasteiger partial charge in [0.2, 0.25) is 0 Å². The van der Waals surface area contributed by atoms with Crippen molar-refractivity contribution in [2.75, 3.05) is 19.0 Å². The number of halogens is 1. The molecule has 0 aromatic heterocycles. The van der Waals surface area contributed by atoms with E-state index in [0.29, 0.717) is 18.7 Å². The summed E-state index contributed by atoms with van der Waals surface area (Å²) in [4.78, 5) is 11.3. The van der Waals surface area contributed by atoms with Gasteiger partial charge in [0.05, 0.1) is 13.7 Å². The van der Waals surface area contributed by atoms with Gasteiger partial charge in [-0.3, -0.25) is 5.32 Å². The first-order valence-electron chi connectivity index (χ1n) is 5.03. The highest BCUT2D eigenvalue weighted by Crippen LogP contribution is 2.15. The van der Waals surface area contributed by atoms with Gasteiger partial charge in [-0.2, -0.15) is 0 Å². The zero-order valence-electron chi connectivity index (χ0n) is 9.53. The number of rotatable bonds is 5. The SMILES string of the molecule is C=C(Br)CCOC(=O)Nc1ccc(OC)cc1. The second-order valence-corrected chi connectivity index (χ2v) is 4.38. The lowest BCUT2D eigenvalue weighted by atomic mass is 10.3. The Labute approximate surface area is 109 Å². The molecule has 0 aliphatic rings. The number of hydrogen-bond acceptors (Lipinski definition) is 3. The van der Waals surface area contributed by atoms with Gasteiger partial charge in [0.15, 0.2) is 0 Å². The molecule has 4 nitrogen and oxygen atoms in total. The third kappa shape index (κ3) is 5.40. The van der Waals surface area contributed by atoms with Crippen molar-refractivity contribution in [1.29, 1.82) is 0 Å². The van der Waals surface area contributed by atoms with Crippen LogP contribution in [0.15, 0.2) is 35.3 Å². The molecule has 0 bridgehead atoms. The van der Waals surface area contributed by atoms with Crippen LogP contribution in [0.5, 0.6) is 5.75 Å². The first-order valence-corrected chi connectivity index (χ1v) is 5.82. The second kappa shape index (κ2) is 6.96. The van der Waals surface area contributed by atoms with Crippen LogP contribution < -0.4 is 10.1 Å². The number of nitrogens with one attached hydrogen (secondary N) is 1. The predicted molar refractivity (Wildman–Crippen MR) is 70.6 cm³/mol. The van der Waals surface area contributed by atoms with Crippen LogP contribution in [-0.4, -0.2) is 19.8 Å². The van der Waals surface area contributed by atoms with Gasteiger partial charge in [-0.15, -0.1) is 0 Å². The van der Waals surface area contributed by atoms with Gasteiger partial charge in [-0.05, 0) is 28.7 Å². The summed E-state index contributed by atoms with van der Waals surface area (Å²) in [6.07, 6.45) is 0.111. The Balaban J connectivity index is 2.37. The van der Waals surface area contributed by atoms with Crippen molar-refractivity contribution < 1.29 is 14.3 Å². The number of carbonyl (C=O) groups excluding carboxylic acids is 1. The molecule has 1 aromatic rings. The van der Waals surface area contributed by atoms with E-state index >= 15 is 0 Å². The van der Waals surface area contributed by atoms with E-state index in [4.69, 9.17) is 9.47 Å². The van der Waals surface area contributed by atoms with Crippen molar-refractivity contribution in [2.24, 2.45) is 0 Å². The molecule has 5 heteroatoms. The first-order chi connectivity index (χ1) is 8.11. The third-order valence-electron chi connectivity index (χ3n) is 1.94. The highest BCUT2D eigenvalue weighted by atomic mass is 79.9. The van der Waals surface area contributed by atoms with Crippen LogP contribution >= 0.6 is 15.9 Å². The Morgan fingerprint density at radius 1 is 1.41 bits per heavy atom. The lowest BCUT2D eigenvalue weighted by Crippen LogP contribution is -2.14. The first kappa shape index (κ1) is 13.6. The van der Waals surface area contributed by atoms with Crippen molar-refractivity contribution in [2.45, 2.75) is 6.42 Å². The van der Waals surface area contributed by atoms with E-state index in [1.54, 1.807) is 31.4 Å². The maximum Gasteiger partial charge on any atom is 0.411 e. The van der Waals surface area contributed by atoms with Gasteiger partial charge in [0.25, 0.3) is 0 Å². The molecule has 0 heterocycles. The number of ether oxygens (including phenoxy) is 2. The third-order valence-corrected chi connectivity index (χ3v) is 2.34. The minimum absolute atomic E-state index is 0.298. The van der Waals surface area contributed by atoms with Crippen molar-refractivity contribution in [1.82, 2.24) is 0 Å². The van der Waals surface area contributed by atoms with Gasteiger partial charge in [0.1, 0.15) is 5.75 Å². The molecule has 92 valence electrons. The Hall–Kier alpha value is -1.49. The predicted octanol–water partition coefficient (Wildman–Crippen LogP) is 3.54.